The van der Waals surface area contributed by atoms with Gasteiger partial charge in [-0.2, -0.15) is 0 Å². The summed E-state index contributed by atoms with van der Waals surface area (Å²) >= 11 is 0. The van der Waals surface area contributed by atoms with Crippen LogP contribution in [0.1, 0.15) is 46.8 Å². The maximum Gasteiger partial charge on any atom is 0.258 e. The summed E-state index contributed by atoms with van der Waals surface area (Å²) in [7, 11) is 0. The minimum Gasteiger partial charge on any atom is -0.483 e. The fourth-order valence-corrected chi connectivity index (χ4v) is 2.47. The van der Waals surface area contributed by atoms with E-state index in [2.05, 4.69) is 19.2 Å². The first-order valence-corrected chi connectivity index (χ1v) is 8.25. The molecule has 0 aromatic heterocycles. The number of amides is 2. The van der Waals surface area contributed by atoms with Crippen LogP contribution in [0.15, 0.2) is 42.5 Å². The third-order valence-corrected chi connectivity index (χ3v) is 3.85. The number of rotatable bonds is 7. The molecule has 5 nitrogen and oxygen atoms in total. The standard InChI is InChI=1S/C20H24N2O3/c1-13(2)17-8-7-14(3)9-18(17)25-12-19(23)22-11-15-5-4-6-16(10-15)20(21)24/h4-10,13H,11-12H2,1-3H3,(H2,21,24)(H,22,23). The molecule has 0 heterocycles. The molecule has 0 aliphatic heterocycles. The second-order valence-electron chi connectivity index (χ2n) is 6.33. The predicted molar refractivity (Wildman–Crippen MR) is 97.6 cm³/mol. The number of carbonyl (C=O) groups is 2. The van der Waals surface area contributed by atoms with Crippen molar-refractivity contribution in [1.29, 1.82) is 0 Å². The molecule has 0 bridgehead atoms. The minimum absolute atomic E-state index is 0.0569. The van der Waals surface area contributed by atoms with Gasteiger partial charge >= 0.3 is 0 Å². The second kappa shape index (κ2) is 8.33. The zero-order valence-corrected chi connectivity index (χ0v) is 14.8. The summed E-state index contributed by atoms with van der Waals surface area (Å²) < 4.78 is 5.71. The highest BCUT2D eigenvalue weighted by Crippen LogP contribution is 2.27. The largest absolute Gasteiger partial charge is 0.483 e. The Morgan fingerprint density at radius 3 is 2.60 bits per heavy atom. The molecule has 0 saturated heterocycles. The summed E-state index contributed by atoms with van der Waals surface area (Å²) in [4.78, 5) is 23.2. The summed E-state index contributed by atoms with van der Waals surface area (Å²) in [6.07, 6.45) is 0. The number of nitrogens with two attached hydrogens (primary N) is 1. The normalized spacial score (nSPS) is 10.6. The van der Waals surface area contributed by atoms with E-state index in [-0.39, 0.29) is 12.5 Å². The van der Waals surface area contributed by atoms with E-state index in [1.54, 1.807) is 18.2 Å². The van der Waals surface area contributed by atoms with E-state index in [1.165, 1.54) is 0 Å². The Labute approximate surface area is 148 Å². The molecular weight excluding hydrogens is 316 g/mol. The van der Waals surface area contributed by atoms with Crippen LogP contribution < -0.4 is 15.8 Å². The first kappa shape index (κ1) is 18.5. The van der Waals surface area contributed by atoms with Crippen LogP contribution >= 0.6 is 0 Å². The van der Waals surface area contributed by atoms with E-state index >= 15 is 0 Å². The van der Waals surface area contributed by atoms with Gasteiger partial charge in [0.1, 0.15) is 5.75 Å². The van der Waals surface area contributed by atoms with Gasteiger partial charge in [0.05, 0.1) is 0 Å². The fourth-order valence-electron chi connectivity index (χ4n) is 2.47. The molecule has 0 unspecified atom stereocenters. The molecule has 0 fully saturated rings. The molecule has 0 atom stereocenters. The lowest BCUT2D eigenvalue weighted by Crippen LogP contribution is -2.28. The van der Waals surface area contributed by atoms with E-state index in [1.807, 2.05) is 31.2 Å². The van der Waals surface area contributed by atoms with Crippen molar-refractivity contribution in [2.24, 2.45) is 5.73 Å². The van der Waals surface area contributed by atoms with Gasteiger partial charge in [0, 0.05) is 12.1 Å². The topological polar surface area (TPSA) is 81.4 Å². The van der Waals surface area contributed by atoms with Gasteiger partial charge < -0.3 is 15.8 Å². The third-order valence-electron chi connectivity index (χ3n) is 3.85. The van der Waals surface area contributed by atoms with Crippen molar-refractivity contribution in [1.82, 2.24) is 5.32 Å². The molecule has 0 radical (unpaired) electrons. The van der Waals surface area contributed by atoms with E-state index in [0.717, 1.165) is 22.4 Å². The van der Waals surface area contributed by atoms with Crippen LogP contribution in [0.5, 0.6) is 5.75 Å². The molecule has 2 rings (SSSR count). The van der Waals surface area contributed by atoms with Gasteiger partial charge in [-0.25, -0.2) is 0 Å². The lowest BCUT2D eigenvalue weighted by Gasteiger charge is -2.15. The highest BCUT2D eigenvalue weighted by atomic mass is 16.5. The Balaban J connectivity index is 1.92. The Kier molecular flexibility index (Phi) is 6.17. The van der Waals surface area contributed by atoms with Gasteiger partial charge in [0.15, 0.2) is 6.61 Å². The van der Waals surface area contributed by atoms with Crippen LogP contribution in [0, 0.1) is 6.92 Å². The Morgan fingerprint density at radius 2 is 1.92 bits per heavy atom. The summed E-state index contributed by atoms with van der Waals surface area (Å²) in [5, 5.41) is 2.78. The van der Waals surface area contributed by atoms with Gasteiger partial charge in [0.2, 0.25) is 5.91 Å². The average molecular weight is 340 g/mol. The van der Waals surface area contributed by atoms with Crippen molar-refractivity contribution in [2.45, 2.75) is 33.2 Å². The van der Waals surface area contributed by atoms with Crippen molar-refractivity contribution < 1.29 is 14.3 Å². The Morgan fingerprint density at radius 1 is 1.16 bits per heavy atom. The van der Waals surface area contributed by atoms with Crippen molar-refractivity contribution in [2.75, 3.05) is 6.61 Å². The minimum atomic E-state index is -0.489. The lowest BCUT2D eigenvalue weighted by molar-refractivity contribution is -0.123. The van der Waals surface area contributed by atoms with Crippen LogP contribution in [0.25, 0.3) is 0 Å². The first-order valence-electron chi connectivity index (χ1n) is 8.25. The number of hydrogen-bond acceptors (Lipinski definition) is 3. The molecule has 3 N–H and O–H groups in total. The van der Waals surface area contributed by atoms with E-state index in [9.17, 15) is 9.59 Å². The maximum absolute atomic E-state index is 12.0. The molecule has 2 aromatic carbocycles. The molecule has 5 heteroatoms. The number of ether oxygens (including phenoxy) is 1. The number of hydrogen-bond donors (Lipinski definition) is 2. The SMILES string of the molecule is Cc1ccc(C(C)C)c(OCC(=O)NCc2cccc(C(N)=O)c2)c1. The molecule has 0 spiro atoms. The van der Waals surface area contributed by atoms with Crippen LogP contribution in [0.4, 0.5) is 0 Å². The zero-order chi connectivity index (χ0) is 18.4. The number of benzene rings is 2. The highest BCUT2D eigenvalue weighted by molar-refractivity contribution is 5.92. The molecule has 0 aliphatic carbocycles. The monoisotopic (exact) mass is 340 g/mol. The first-order chi connectivity index (χ1) is 11.9. The molecule has 2 aromatic rings. The highest BCUT2D eigenvalue weighted by Gasteiger charge is 2.10. The van der Waals surface area contributed by atoms with Crippen LogP contribution in [-0.4, -0.2) is 18.4 Å². The quantitative estimate of drug-likeness (QED) is 0.813. The average Bonchev–Trinajstić information content (AvgIpc) is 2.58. The van der Waals surface area contributed by atoms with E-state index in [0.29, 0.717) is 18.0 Å². The molecule has 0 saturated carbocycles. The van der Waals surface area contributed by atoms with Crippen molar-refractivity contribution in [3.05, 3.63) is 64.7 Å². The molecule has 2 amide bonds. The molecular formula is C20H24N2O3. The second-order valence-corrected chi connectivity index (χ2v) is 6.33. The van der Waals surface area contributed by atoms with Crippen molar-refractivity contribution >= 4 is 11.8 Å². The lowest BCUT2D eigenvalue weighted by atomic mass is 10.0. The fraction of sp³-hybridized carbons (Fsp3) is 0.300. The summed E-state index contributed by atoms with van der Waals surface area (Å²) in [5.74, 6) is 0.342. The van der Waals surface area contributed by atoms with Gasteiger partial charge in [-0.15, -0.1) is 0 Å². The van der Waals surface area contributed by atoms with Crippen LogP contribution in [0.3, 0.4) is 0 Å². The molecule has 0 aliphatic rings. The van der Waals surface area contributed by atoms with Gasteiger partial charge in [0.25, 0.3) is 5.91 Å². The zero-order valence-electron chi connectivity index (χ0n) is 14.8. The summed E-state index contributed by atoms with van der Waals surface area (Å²) in [6, 6.07) is 12.9. The van der Waals surface area contributed by atoms with Crippen LogP contribution in [-0.2, 0) is 11.3 Å². The number of carbonyl (C=O) groups excluding carboxylic acids is 2. The number of aryl methyl sites for hydroxylation is 1. The predicted octanol–water partition coefficient (Wildman–Crippen LogP) is 2.91. The maximum atomic E-state index is 12.0. The van der Waals surface area contributed by atoms with Gasteiger partial charge in [-0.1, -0.05) is 38.1 Å². The molecule has 132 valence electrons. The van der Waals surface area contributed by atoms with E-state index in [4.69, 9.17) is 10.5 Å². The number of primary amides is 1. The third kappa shape index (κ3) is 5.35. The Hall–Kier alpha value is -2.82. The van der Waals surface area contributed by atoms with Gasteiger partial charge in [-0.3, -0.25) is 9.59 Å². The molecule has 25 heavy (non-hydrogen) atoms. The summed E-state index contributed by atoms with van der Waals surface area (Å²) in [6.45, 7) is 6.42. The summed E-state index contributed by atoms with van der Waals surface area (Å²) in [5.41, 5.74) is 8.65. The van der Waals surface area contributed by atoms with Crippen LogP contribution in [0.2, 0.25) is 0 Å². The van der Waals surface area contributed by atoms with Gasteiger partial charge in [-0.05, 0) is 47.7 Å². The van der Waals surface area contributed by atoms with Crippen molar-refractivity contribution in [3.63, 3.8) is 0 Å². The smallest absolute Gasteiger partial charge is 0.258 e. The Bertz CT molecular complexity index is 769. The van der Waals surface area contributed by atoms with Crippen molar-refractivity contribution in [3.8, 4) is 5.75 Å². The van der Waals surface area contributed by atoms with E-state index < -0.39 is 5.91 Å². The number of nitrogens with one attached hydrogen (secondary N) is 1.